The minimum absolute atomic E-state index is 0.113. The molecule has 0 amide bonds. The lowest BCUT2D eigenvalue weighted by atomic mass is 9.98. The summed E-state index contributed by atoms with van der Waals surface area (Å²) in [6.07, 6.45) is 3.92. The van der Waals surface area contributed by atoms with E-state index in [0.29, 0.717) is 12.3 Å². The number of hydrogen-bond donors (Lipinski definition) is 2. The second-order valence-electron chi connectivity index (χ2n) is 5.50. The highest BCUT2D eigenvalue weighted by atomic mass is 16.1. The zero-order valence-corrected chi connectivity index (χ0v) is 11.7. The van der Waals surface area contributed by atoms with E-state index in [9.17, 15) is 4.79 Å². The Balaban J connectivity index is 1.67. The first-order valence-electron chi connectivity index (χ1n) is 7.04. The van der Waals surface area contributed by atoms with Crippen molar-refractivity contribution in [3.05, 3.63) is 28.4 Å². The average molecular weight is 276 g/mol. The summed E-state index contributed by atoms with van der Waals surface area (Å²) in [4.78, 5) is 22.5. The zero-order chi connectivity index (χ0) is 13.9. The molecule has 2 aromatic heterocycles. The van der Waals surface area contributed by atoms with E-state index in [1.807, 2.05) is 0 Å². The van der Waals surface area contributed by atoms with Gasteiger partial charge in [-0.25, -0.2) is 9.97 Å². The van der Waals surface area contributed by atoms with Gasteiger partial charge < -0.3 is 10.2 Å². The van der Waals surface area contributed by atoms with Crippen molar-refractivity contribution in [1.29, 1.82) is 0 Å². The van der Waals surface area contributed by atoms with Gasteiger partial charge in [0.2, 0.25) is 0 Å². The van der Waals surface area contributed by atoms with E-state index in [1.165, 1.54) is 23.7 Å². The van der Waals surface area contributed by atoms with Crippen LogP contribution in [0.2, 0.25) is 0 Å². The van der Waals surface area contributed by atoms with Crippen LogP contribution < -0.4 is 10.9 Å². The largest absolute Gasteiger partial charge is 0.317 e. The number of fused-ring (bicyclic) bond motifs is 1. The quantitative estimate of drug-likeness (QED) is 0.812. The van der Waals surface area contributed by atoms with Gasteiger partial charge in [-0.2, -0.15) is 4.52 Å². The van der Waals surface area contributed by atoms with Gasteiger partial charge in [0.1, 0.15) is 6.33 Å². The highest BCUT2D eigenvalue weighted by Crippen LogP contribution is 2.13. The molecule has 0 spiro atoms. The molecular weight excluding hydrogens is 256 g/mol. The van der Waals surface area contributed by atoms with Gasteiger partial charge in [-0.15, -0.1) is 0 Å². The van der Waals surface area contributed by atoms with Gasteiger partial charge in [0.15, 0.2) is 0 Å². The van der Waals surface area contributed by atoms with Crippen LogP contribution in [0, 0.1) is 5.92 Å². The average Bonchev–Trinajstić information content (AvgIpc) is 2.88. The Bertz CT molecular complexity index is 627. The normalized spacial score (nSPS) is 17.1. The minimum atomic E-state index is -0.113. The molecule has 1 aliphatic heterocycles. The molecule has 1 saturated heterocycles. The topological polar surface area (TPSA) is 78.3 Å². The van der Waals surface area contributed by atoms with Crippen LogP contribution in [0.15, 0.2) is 17.2 Å². The van der Waals surface area contributed by atoms with Crippen molar-refractivity contribution in [2.24, 2.45) is 5.92 Å². The van der Waals surface area contributed by atoms with E-state index in [-0.39, 0.29) is 5.56 Å². The number of aromatic amines is 1. The Kier molecular flexibility index (Phi) is 3.79. The van der Waals surface area contributed by atoms with Gasteiger partial charge in [-0.3, -0.25) is 9.89 Å². The Morgan fingerprint density at radius 1 is 1.45 bits per heavy atom. The summed E-state index contributed by atoms with van der Waals surface area (Å²) < 4.78 is 1.34. The van der Waals surface area contributed by atoms with Crippen LogP contribution in [0.1, 0.15) is 18.5 Å². The predicted molar refractivity (Wildman–Crippen MR) is 75.5 cm³/mol. The summed E-state index contributed by atoms with van der Waals surface area (Å²) >= 11 is 0. The molecule has 1 fully saturated rings. The summed E-state index contributed by atoms with van der Waals surface area (Å²) in [5.74, 6) is 1.17. The van der Waals surface area contributed by atoms with Crippen molar-refractivity contribution in [3.63, 3.8) is 0 Å². The van der Waals surface area contributed by atoms with Crippen molar-refractivity contribution in [2.75, 3.05) is 26.7 Å². The van der Waals surface area contributed by atoms with Crippen molar-refractivity contribution in [1.82, 2.24) is 29.8 Å². The van der Waals surface area contributed by atoms with Crippen molar-refractivity contribution in [2.45, 2.75) is 19.4 Å². The molecule has 0 aliphatic carbocycles. The molecule has 7 nitrogen and oxygen atoms in total. The number of aromatic nitrogens is 4. The van der Waals surface area contributed by atoms with Crippen LogP contribution in [0.4, 0.5) is 0 Å². The maximum absolute atomic E-state index is 11.9. The van der Waals surface area contributed by atoms with Gasteiger partial charge in [-0.1, -0.05) is 0 Å². The monoisotopic (exact) mass is 276 g/mol. The van der Waals surface area contributed by atoms with Crippen LogP contribution >= 0.6 is 0 Å². The van der Waals surface area contributed by atoms with Gasteiger partial charge in [0, 0.05) is 19.2 Å². The van der Waals surface area contributed by atoms with Gasteiger partial charge in [0.05, 0.1) is 5.69 Å². The van der Waals surface area contributed by atoms with Gasteiger partial charge in [0.25, 0.3) is 11.3 Å². The molecule has 2 aromatic rings. The second kappa shape index (κ2) is 5.72. The molecule has 108 valence electrons. The van der Waals surface area contributed by atoms with Crippen molar-refractivity contribution < 1.29 is 0 Å². The first-order chi connectivity index (χ1) is 9.72. The number of nitrogens with zero attached hydrogens (tertiary/aromatic N) is 4. The molecular formula is C13H20N6O. The summed E-state index contributed by atoms with van der Waals surface area (Å²) in [6, 6.07) is 1.57. The molecule has 0 radical (unpaired) electrons. The molecule has 0 bridgehead atoms. The first kappa shape index (κ1) is 13.3. The number of nitrogens with one attached hydrogen (secondary N) is 2. The molecule has 0 unspecified atom stereocenters. The van der Waals surface area contributed by atoms with Gasteiger partial charge in [-0.05, 0) is 38.9 Å². The smallest absolute Gasteiger partial charge is 0.274 e. The van der Waals surface area contributed by atoms with Crippen molar-refractivity contribution in [3.8, 4) is 0 Å². The van der Waals surface area contributed by atoms with Gasteiger partial charge >= 0.3 is 0 Å². The third kappa shape index (κ3) is 2.88. The number of hydrogen-bond acceptors (Lipinski definition) is 5. The number of piperidine rings is 1. The van der Waals surface area contributed by atoms with E-state index in [1.54, 1.807) is 6.07 Å². The van der Waals surface area contributed by atoms with E-state index in [0.717, 1.165) is 31.2 Å². The number of H-pyrrole nitrogens is 1. The molecule has 2 N–H and O–H groups in total. The Labute approximate surface area is 117 Å². The van der Waals surface area contributed by atoms with E-state index < -0.39 is 0 Å². The lowest BCUT2D eigenvalue weighted by molar-refractivity contribution is 0.232. The number of rotatable bonds is 4. The van der Waals surface area contributed by atoms with E-state index >= 15 is 0 Å². The Morgan fingerprint density at radius 3 is 3.05 bits per heavy atom. The highest BCUT2D eigenvalue weighted by molar-refractivity contribution is 5.25. The standard InChI is InChI=1S/C13H20N6O/c1-18(7-10-2-4-14-5-3-10)8-11-6-12(20)19-13(17-11)15-9-16-19/h6,9-10,14H,2-5,7-8H2,1H3,(H,15,16,17). The fourth-order valence-corrected chi connectivity index (χ4v) is 2.80. The summed E-state index contributed by atoms with van der Waals surface area (Å²) in [6.45, 7) is 3.94. The summed E-state index contributed by atoms with van der Waals surface area (Å²) in [5, 5.41) is 6.12. The molecule has 0 saturated carbocycles. The maximum Gasteiger partial charge on any atom is 0.274 e. The van der Waals surface area contributed by atoms with Crippen molar-refractivity contribution >= 4 is 5.78 Å². The van der Waals surface area contributed by atoms with Crippen LogP contribution in [0.5, 0.6) is 0 Å². The molecule has 7 heteroatoms. The van der Waals surface area contributed by atoms with E-state index in [4.69, 9.17) is 0 Å². The van der Waals surface area contributed by atoms with Crippen LogP contribution in [0.3, 0.4) is 0 Å². The molecule has 3 rings (SSSR count). The third-order valence-corrected chi connectivity index (χ3v) is 3.78. The third-order valence-electron chi connectivity index (χ3n) is 3.78. The lowest BCUT2D eigenvalue weighted by Gasteiger charge is -2.27. The van der Waals surface area contributed by atoms with Crippen LogP contribution in [-0.4, -0.2) is 51.2 Å². The summed E-state index contributed by atoms with van der Waals surface area (Å²) in [5.41, 5.74) is 0.663. The molecule has 0 aromatic carbocycles. The predicted octanol–water partition coefficient (Wildman–Crippen LogP) is -0.151. The maximum atomic E-state index is 11.9. The molecule has 1 aliphatic rings. The second-order valence-corrected chi connectivity index (χ2v) is 5.50. The minimum Gasteiger partial charge on any atom is -0.317 e. The highest BCUT2D eigenvalue weighted by Gasteiger charge is 2.15. The van der Waals surface area contributed by atoms with Crippen LogP contribution in [-0.2, 0) is 6.54 Å². The molecule has 3 heterocycles. The van der Waals surface area contributed by atoms with E-state index in [2.05, 4.69) is 32.3 Å². The summed E-state index contributed by atoms with van der Waals surface area (Å²) in [7, 11) is 2.08. The van der Waals surface area contributed by atoms with Crippen LogP contribution in [0.25, 0.3) is 5.78 Å². The fourth-order valence-electron chi connectivity index (χ4n) is 2.80. The Morgan fingerprint density at radius 2 is 2.25 bits per heavy atom. The fraction of sp³-hybridized carbons (Fsp3) is 0.615. The lowest BCUT2D eigenvalue weighted by Crippen LogP contribution is -2.34. The molecule has 0 atom stereocenters. The zero-order valence-electron chi connectivity index (χ0n) is 11.7. The SMILES string of the molecule is CN(Cc1cc(=O)n2[nH]cnc2n1)CC1CCNCC1. The first-order valence-corrected chi connectivity index (χ1v) is 7.04. The Hall–Kier alpha value is -1.73. The molecule has 20 heavy (non-hydrogen) atoms.